The first kappa shape index (κ1) is 12.2. The van der Waals surface area contributed by atoms with Crippen LogP contribution in [0.4, 0.5) is 0 Å². The molecule has 8 heteroatoms. The van der Waals surface area contributed by atoms with Crippen LogP contribution in [0.1, 0.15) is 0 Å². The lowest BCUT2D eigenvalue weighted by molar-refractivity contribution is -0.145. The smallest absolute Gasteiger partial charge is 0.309 e. The Bertz CT molecular complexity index is 635. The second-order valence-electron chi connectivity index (χ2n) is 4.37. The first-order valence-electron chi connectivity index (χ1n) is 5.61. The van der Waals surface area contributed by atoms with Crippen molar-refractivity contribution in [3.63, 3.8) is 0 Å². The molecule has 0 radical (unpaired) electrons. The Hall–Kier alpha value is -1.80. The number of benzene rings is 1. The molecular weight excluding hydrogens is 274 g/mol. The van der Waals surface area contributed by atoms with Gasteiger partial charge in [0.2, 0.25) is 16.8 Å². The summed E-state index contributed by atoms with van der Waals surface area (Å²) in [7, 11) is -3.66. The average Bonchev–Trinajstić information content (AvgIpc) is 2.72. The molecule has 7 nitrogen and oxygen atoms in total. The van der Waals surface area contributed by atoms with E-state index in [0.717, 1.165) is 4.31 Å². The van der Waals surface area contributed by atoms with Gasteiger partial charge in [-0.1, -0.05) is 0 Å². The summed E-state index contributed by atoms with van der Waals surface area (Å²) in [5, 5.41) is 8.76. The summed E-state index contributed by atoms with van der Waals surface area (Å²) in [6.45, 7) is 0.0852. The predicted molar refractivity (Wildman–Crippen MR) is 62.4 cm³/mol. The van der Waals surface area contributed by atoms with Crippen molar-refractivity contribution in [2.75, 3.05) is 19.9 Å². The zero-order chi connectivity index (χ0) is 13.6. The van der Waals surface area contributed by atoms with Gasteiger partial charge in [-0.15, -0.1) is 0 Å². The van der Waals surface area contributed by atoms with Crippen molar-refractivity contribution in [2.24, 2.45) is 5.92 Å². The second-order valence-corrected chi connectivity index (χ2v) is 6.31. The number of rotatable bonds is 3. The summed E-state index contributed by atoms with van der Waals surface area (Å²) >= 11 is 0. The zero-order valence-corrected chi connectivity index (χ0v) is 10.6. The molecule has 0 aromatic heterocycles. The largest absolute Gasteiger partial charge is 0.481 e. The molecule has 0 bridgehead atoms. The second kappa shape index (κ2) is 4.10. The first-order valence-corrected chi connectivity index (χ1v) is 7.05. The molecule has 0 saturated carbocycles. The van der Waals surface area contributed by atoms with E-state index in [4.69, 9.17) is 14.6 Å². The summed E-state index contributed by atoms with van der Waals surface area (Å²) in [5.74, 6) is -0.705. The standard InChI is InChI=1S/C11H11NO6S/c13-11(14)7-4-12(5-7)19(15,16)8-1-2-9-10(3-8)18-6-17-9/h1-3,7H,4-6H2,(H,13,14). The molecule has 2 heterocycles. The average molecular weight is 285 g/mol. The van der Waals surface area contributed by atoms with Crippen molar-refractivity contribution < 1.29 is 27.8 Å². The fraction of sp³-hybridized carbons (Fsp3) is 0.364. The summed E-state index contributed by atoms with van der Waals surface area (Å²) in [6, 6.07) is 4.35. The third kappa shape index (κ3) is 1.92. The van der Waals surface area contributed by atoms with E-state index in [1.165, 1.54) is 18.2 Å². The van der Waals surface area contributed by atoms with E-state index in [9.17, 15) is 13.2 Å². The Kier molecular flexibility index (Phi) is 2.64. The van der Waals surface area contributed by atoms with Crippen LogP contribution in [0.2, 0.25) is 0 Å². The lowest BCUT2D eigenvalue weighted by atomic mass is 10.0. The molecular formula is C11H11NO6S. The summed E-state index contributed by atoms with van der Waals surface area (Å²) < 4.78 is 35.8. The van der Waals surface area contributed by atoms with E-state index in [1.807, 2.05) is 0 Å². The minimum Gasteiger partial charge on any atom is -0.481 e. The number of nitrogens with zero attached hydrogens (tertiary/aromatic N) is 1. The molecule has 2 aliphatic heterocycles. The van der Waals surface area contributed by atoms with Crippen molar-refractivity contribution in [2.45, 2.75) is 4.90 Å². The van der Waals surface area contributed by atoms with Crippen molar-refractivity contribution in [1.29, 1.82) is 0 Å². The van der Waals surface area contributed by atoms with Gasteiger partial charge >= 0.3 is 5.97 Å². The maximum absolute atomic E-state index is 12.2. The van der Waals surface area contributed by atoms with Crippen LogP contribution in [0.15, 0.2) is 23.1 Å². The monoisotopic (exact) mass is 285 g/mol. The maximum atomic E-state index is 12.2. The maximum Gasteiger partial charge on any atom is 0.309 e. The molecule has 3 rings (SSSR count). The number of carbonyl (C=O) groups is 1. The fourth-order valence-electron chi connectivity index (χ4n) is 1.98. The Labute approximate surface area is 109 Å². The third-order valence-corrected chi connectivity index (χ3v) is 5.01. The van der Waals surface area contributed by atoms with Gasteiger partial charge in [-0.3, -0.25) is 4.79 Å². The number of hydrogen-bond donors (Lipinski definition) is 1. The van der Waals surface area contributed by atoms with Gasteiger partial charge in [0.05, 0.1) is 10.8 Å². The van der Waals surface area contributed by atoms with E-state index in [-0.39, 0.29) is 24.8 Å². The first-order chi connectivity index (χ1) is 8.98. The van der Waals surface area contributed by atoms with Gasteiger partial charge in [-0.2, -0.15) is 4.31 Å². The van der Waals surface area contributed by atoms with E-state index in [0.29, 0.717) is 11.5 Å². The van der Waals surface area contributed by atoms with Gasteiger partial charge in [-0.05, 0) is 12.1 Å². The number of sulfonamides is 1. The minimum absolute atomic E-state index is 0.00606. The highest BCUT2D eigenvalue weighted by atomic mass is 32.2. The summed E-state index contributed by atoms with van der Waals surface area (Å²) in [5.41, 5.74) is 0. The van der Waals surface area contributed by atoms with Crippen LogP contribution in [0.5, 0.6) is 11.5 Å². The summed E-state index contributed by atoms with van der Waals surface area (Å²) in [4.78, 5) is 10.8. The number of hydrogen-bond acceptors (Lipinski definition) is 5. The van der Waals surface area contributed by atoms with Crippen LogP contribution < -0.4 is 9.47 Å². The van der Waals surface area contributed by atoms with Crippen LogP contribution >= 0.6 is 0 Å². The summed E-state index contributed by atoms with van der Waals surface area (Å²) in [6.07, 6.45) is 0. The highest BCUT2D eigenvalue weighted by Crippen LogP contribution is 2.35. The topological polar surface area (TPSA) is 93.1 Å². The Morgan fingerprint density at radius 2 is 1.95 bits per heavy atom. The van der Waals surface area contributed by atoms with Gasteiger partial charge in [0.15, 0.2) is 11.5 Å². The molecule has 1 aromatic carbocycles. The van der Waals surface area contributed by atoms with Crippen molar-refractivity contribution >= 4 is 16.0 Å². The normalized spacial score (nSPS) is 19.2. The van der Waals surface area contributed by atoms with E-state index in [2.05, 4.69) is 0 Å². The number of carboxylic acids is 1. The van der Waals surface area contributed by atoms with Crippen LogP contribution in [0, 0.1) is 5.92 Å². The van der Waals surface area contributed by atoms with Crippen LogP contribution in [0.25, 0.3) is 0 Å². The van der Waals surface area contributed by atoms with E-state index < -0.39 is 21.9 Å². The zero-order valence-electron chi connectivity index (χ0n) is 9.77. The van der Waals surface area contributed by atoms with Crippen LogP contribution in [-0.4, -0.2) is 43.7 Å². The molecule has 0 unspecified atom stereocenters. The lowest BCUT2D eigenvalue weighted by Gasteiger charge is -2.35. The van der Waals surface area contributed by atoms with Crippen molar-refractivity contribution in [1.82, 2.24) is 4.31 Å². The molecule has 102 valence electrons. The SMILES string of the molecule is O=C(O)C1CN(S(=O)(=O)c2ccc3c(c2)OCO3)C1. The van der Waals surface area contributed by atoms with Gasteiger partial charge < -0.3 is 14.6 Å². The lowest BCUT2D eigenvalue weighted by Crippen LogP contribution is -2.52. The molecule has 1 N–H and O–H groups in total. The number of fused-ring (bicyclic) bond motifs is 1. The Balaban J connectivity index is 1.84. The quantitative estimate of drug-likeness (QED) is 0.848. The third-order valence-electron chi connectivity index (χ3n) is 3.18. The minimum atomic E-state index is -3.66. The van der Waals surface area contributed by atoms with Crippen molar-refractivity contribution in [3.05, 3.63) is 18.2 Å². The van der Waals surface area contributed by atoms with Crippen molar-refractivity contribution in [3.8, 4) is 11.5 Å². The number of ether oxygens (including phenoxy) is 2. The molecule has 1 saturated heterocycles. The van der Waals surface area contributed by atoms with Crippen LogP contribution in [-0.2, 0) is 14.8 Å². The predicted octanol–water partition coefficient (Wildman–Crippen LogP) is 0.120. The Morgan fingerprint density at radius 1 is 1.26 bits per heavy atom. The molecule has 19 heavy (non-hydrogen) atoms. The Morgan fingerprint density at radius 3 is 2.63 bits per heavy atom. The van der Waals surface area contributed by atoms with Gasteiger partial charge in [0.1, 0.15) is 0 Å². The number of aliphatic carboxylic acids is 1. The molecule has 2 aliphatic rings. The molecule has 0 amide bonds. The number of carboxylic acid groups (broad SMARTS) is 1. The van der Waals surface area contributed by atoms with E-state index in [1.54, 1.807) is 0 Å². The van der Waals surface area contributed by atoms with Gasteiger partial charge in [0, 0.05) is 19.2 Å². The molecule has 1 aromatic rings. The molecule has 1 fully saturated rings. The fourth-order valence-corrected chi connectivity index (χ4v) is 3.52. The van der Waals surface area contributed by atoms with Crippen LogP contribution in [0.3, 0.4) is 0 Å². The highest BCUT2D eigenvalue weighted by Gasteiger charge is 2.40. The molecule has 0 atom stereocenters. The molecule has 0 aliphatic carbocycles. The highest BCUT2D eigenvalue weighted by molar-refractivity contribution is 7.89. The van der Waals surface area contributed by atoms with E-state index >= 15 is 0 Å². The van der Waals surface area contributed by atoms with Gasteiger partial charge in [-0.25, -0.2) is 8.42 Å². The molecule has 0 spiro atoms. The van der Waals surface area contributed by atoms with Gasteiger partial charge in [0.25, 0.3) is 0 Å².